The molecule has 36 heavy (non-hydrogen) atoms. The lowest BCUT2D eigenvalue weighted by atomic mass is 9.87. The average molecular weight is 522 g/mol. The van der Waals surface area contributed by atoms with Crippen molar-refractivity contribution >= 4 is 21.8 Å². The Balaban J connectivity index is 1.98. The van der Waals surface area contributed by atoms with E-state index in [2.05, 4.69) is 0 Å². The van der Waals surface area contributed by atoms with Gasteiger partial charge >= 0.3 is 11.9 Å². The zero-order valence-corrected chi connectivity index (χ0v) is 21.0. The molecule has 2 aliphatic rings. The third-order valence-corrected chi connectivity index (χ3v) is 9.72. The van der Waals surface area contributed by atoms with Crippen molar-refractivity contribution in [3.8, 4) is 0 Å². The highest BCUT2D eigenvalue weighted by Gasteiger charge is 2.70. The molecule has 0 unspecified atom stereocenters. The second kappa shape index (κ2) is 10.3. The first-order valence-corrected chi connectivity index (χ1v) is 13.5. The number of hydrogen-bond donors (Lipinski definition) is 0. The van der Waals surface area contributed by atoms with Crippen LogP contribution >= 0.6 is 0 Å². The van der Waals surface area contributed by atoms with E-state index >= 15 is 0 Å². The van der Waals surface area contributed by atoms with Gasteiger partial charge in [-0.2, -0.15) is 0 Å². The standard InChI is InChI=1S/C26H29F2NO6S/c1-3-34-24(30)23-22(18-9-6-11-20(28)15-18)29-13-7-12-21(29)26(36(23,32)33,25(31)35-4-2)16-17-8-5-10-19(27)14-17/h5-6,8-11,14-15,21-23H,3-4,7,12-13,16H2,1-2H3/t21-,22+,23-,26-/m0/s1. The number of hydrogen-bond acceptors (Lipinski definition) is 7. The topological polar surface area (TPSA) is 90.0 Å². The fourth-order valence-corrected chi connectivity index (χ4v) is 8.38. The highest BCUT2D eigenvalue weighted by atomic mass is 32.2. The Kier molecular flexibility index (Phi) is 7.47. The molecule has 0 N–H and O–H groups in total. The van der Waals surface area contributed by atoms with Gasteiger partial charge in [-0.1, -0.05) is 24.3 Å². The monoisotopic (exact) mass is 521 g/mol. The maximum Gasteiger partial charge on any atom is 0.329 e. The van der Waals surface area contributed by atoms with Gasteiger partial charge in [0.15, 0.2) is 19.8 Å². The van der Waals surface area contributed by atoms with Crippen LogP contribution in [0.25, 0.3) is 0 Å². The van der Waals surface area contributed by atoms with Crippen molar-refractivity contribution < 1.29 is 36.3 Å². The molecule has 4 rings (SSSR count). The van der Waals surface area contributed by atoms with Crippen LogP contribution in [0.4, 0.5) is 8.78 Å². The van der Waals surface area contributed by atoms with Crippen molar-refractivity contribution in [2.24, 2.45) is 0 Å². The van der Waals surface area contributed by atoms with Crippen molar-refractivity contribution in [1.29, 1.82) is 0 Å². The van der Waals surface area contributed by atoms with Gasteiger partial charge in [-0.05, 0) is 68.6 Å². The SMILES string of the molecule is CCOC(=O)[C@@H]1[C@@H](c2cccc(F)c2)N2CCC[C@H]2[C@@](Cc2cccc(F)c2)(C(=O)OCC)S1(=O)=O. The molecule has 0 saturated carbocycles. The van der Waals surface area contributed by atoms with E-state index in [1.54, 1.807) is 24.8 Å². The Morgan fingerprint density at radius 1 is 1.03 bits per heavy atom. The fraction of sp³-hybridized carbons (Fsp3) is 0.462. The summed E-state index contributed by atoms with van der Waals surface area (Å²) < 4.78 is 65.8. The number of benzene rings is 2. The molecule has 2 fully saturated rings. The molecule has 0 bridgehead atoms. The van der Waals surface area contributed by atoms with Crippen LogP contribution < -0.4 is 0 Å². The Morgan fingerprint density at radius 3 is 2.33 bits per heavy atom. The Morgan fingerprint density at radius 2 is 1.69 bits per heavy atom. The quantitative estimate of drug-likeness (QED) is 0.516. The van der Waals surface area contributed by atoms with Crippen molar-refractivity contribution in [3.63, 3.8) is 0 Å². The first kappa shape index (κ1) is 26.2. The molecule has 7 nitrogen and oxygen atoms in total. The molecule has 0 spiro atoms. The normalized spacial score (nSPS) is 27.3. The second-order valence-electron chi connectivity index (χ2n) is 9.03. The first-order valence-electron chi connectivity index (χ1n) is 12.0. The molecular weight excluding hydrogens is 492 g/mol. The predicted molar refractivity (Wildman–Crippen MR) is 128 cm³/mol. The van der Waals surface area contributed by atoms with Crippen LogP contribution in [-0.2, 0) is 35.3 Å². The Bertz CT molecular complexity index is 1250. The van der Waals surface area contributed by atoms with E-state index in [0.29, 0.717) is 24.9 Å². The van der Waals surface area contributed by atoms with Crippen molar-refractivity contribution in [2.75, 3.05) is 19.8 Å². The number of nitrogens with zero attached hydrogens (tertiary/aromatic N) is 1. The van der Waals surface area contributed by atoms with Gasteiger partial charge < -0.3 is 9.47 Å². The highest BCUT2D eigenvalue weighted by molar-refractivity contribution is 7.95. The van der Waals surface area contributed by atoms with Gasteiger partial charge in [-0.25, -0.2) is 17.2 Å². The lowest BCUT2D eigenvalue weighted by Gasteiger charge is -2.51. The van der Waals surface area contributed by atoms with E-state index < -0.39 is 55.5 Å². The summed E-state index contributed by atoms with van der Waals surface area (Å²) in [5.41, 5.74) is 0.581. The highest BCUT2D eigenvalue weighted by Crippen LogP contribution is 2.50. The summed E-state index contributed by atoms with van der Waals surface area (Å²) in [5.74, 6) is -3.17. The molecule has 2 aromatic carbocycles. The fourth-order valence-electron chi connectivity index (χ4n) is 5.67. The molecule has 0 aromatic heterocycles. The van der Waals surface area contributed by atoms with Gasteiger partial charge in [0.2, 0.25) is 0 Å². The number of carbonyl (C=O) groups is 2. The summed E-state index contributed by atoms with van der Waals surface area (Å²) in [4.78, 5) is 28.8. The number of rotatable bonds is 7. The van der Waals surface area contributed by atoms with E-state index in [-0.39, 0.29) is 25.2 Å². The van der Waals surface area contributed by atoms with Crippen LogP contribution in [0.15, 0.2) is 48.5 Å². The van der Waals surface area contributed by atoms with E-state index in [1.165, 1.54) is 42.5 Å². The molecule has 0 amide bonds. The van der Waals surface area contributed by atoms with Crippen LogP contribution in [0.5, 0.6) is 0 Å². The van der Waals surface area contributed by atoms with Crippen molar-refractivity contribution in [2.45, 2.75) is 55.2 Å². The maximum absolute atomic E-state index is 14.6. The Labute approximate surface area is 209 Å². The zero-order chi connectivity index (χ0) is 26.1. The van der Waals surface area contributed by atoms with Crippen LogP contribution in [0.3, 0.4) is 0 Å². The summed E-state index contributed by atoms with van der Waals surface area (Å²) >= 11 is 0. The van der Waals surface area contributed by atoms with E-state index in [0.717, 1.165) is 0 Å². The number of fused-ring (bicyclic) bond motifs is 1. The van der Waals surface area contributed by atoms with Crippen molar-refractivity contribution in [3.05, 3.63) is 71.3 Å². The summed E-state index contributed by atoms with van der Waals surface area (Å²) in [5, 5.41) is -1.81. The smallest absolute Gasteiger partial charge is 0.329 e. The third kappa shape index (κ3) is 4.30. The molecule has 2 saturated heterocycles. The predicted octanol–water partition coefficient (Wildman–Crippen LogP) is 3.38. The molecule has 0 aliphatic carbocycles. The Hall–Kier alpha value is -2.85. The van der Waals surface area contributed by atoms with Gasteiger partial charge in [0, 0.05) is 12.5 Å². The van der Waals surface area contributed by atoms with Gasteiger partial charge in [-0.15, -0.1) is 0 Å². The lowest BCUT2D eigenvalue weighted by Crippen LogP contribution is -2.71. The minimum absolute atomic E-state index is 0.0800. The number of sulfone groups is 1. The van der Waals surface area contributed by atoms with Gasteiger partial charge in [-0.3, -0.25) is 14.5 Å². The molecule has 10 heteroatoms. The molecule has 194 valence electrons. The van der Waals surface area contributed by atoms with Crippen molar-refractivity contribution in [1.82, 2.24) is 4.90 Å². The molecular formula is C26H29F2NO6S. The van der Waals surface area contributed by atoms with E-state index in [9.17, 15) is 26.8 Å². The molecule has 4 atom stereocenters. The summed E-state index contributed by atoms with van der Waals surface area (Å²) in [6.45, 7) is 3.33. The van der Waals surface area contributed by atoms with Gasteiger partial charge in [0.25, 0.3) is 0 Å². The largest absolute Gasteiger partial charge is 0.465 e. The summed E-state index contributed by atoms with van der Waals surface area (Å²) in [6, 6.07) is 8.88. The number of carbonyl (C=O) groups excluding carboxylic acids is 2. The van der Waals surface area contributed by atoms with Crippen LogP contribution in [0, 0.1) is 11.6 Å². The van der Waals surface area contributed by atoms with Gasteiger partial charge in [0.05, 0.1) is 19.3 Å². The second-order valence-corrected chi connectivity index (χ2v) is 11.4. The van der Waals surface area contributed by atoms with Crippen LogP contribution in [0.2, 0.25) is 0 Å². The lowest BCUT2D eigenvalue weighted by molar-refractivity contribution is -0.150. The zero-order valence-electron chi connectivity index (χ0n) is 20.2. The average Bonchev–Trinajstić information content (AvgIpc) is 3.30. The third-order valence-electron chi connectivity index (χ3n) is 7.00. The van der Waals surface area contributed by atoms with E-state index in [4.69, 9.17) is 9.47 Å². The first-order chi connectivity index (χ1) is 17.2. The molecule has 2 heterocycles. The van der Waals surface area contributed by atoms with Crippen LogP contribution in [0.1, 0.15) is 43.9 Å². The van der Waals surface area contributed by atoms with E-state index in [1.807, 2.05) is 0 Å². The van der Waals surface area contributed by atoms with Gasteiger partial charge in [0.1, 0.15) is 11.6 Å². The minimum Gasteiger partial charge on any atom is -0.465 e. The summed E-state index contributed by atoms with van der Waals surface area (Å²) in [7, 11) is -4.68. The molecule has 2 aliphatic heterocycles. The molecule has 0 radical (unpaired) electrons. The maximum atomic E-state index is 14.6. The number of halogens is 2. The molecule has 2 aromatic rings. The van der Waals surface area contributed by atoms with Crippen LogP contribution in [-0.4, -0.2) is 61.1 Å². The summed E-state index contributed by atoms with van der Waals surface area (Å²) in [6.07, 6.45) is 0.499. The number of esters is 2. The number of ether oxygens (including phenoxy) is 2. The minimum atomic E-state index is -4.68.